The number of pyridine rings is 1. The summed E-state index contributed by atoms with van der Waals surface area (Å²) >= 11 is 7.21. The topological polar surface area (TPSA) is 81.5 Å². The number of nitrogens with zero attached hydrogens (tertiary/aromatic N) is 2. The van der Waals surface area contributed by atoms with Crippen molar-refractivity contribution in [1.29, 1.82) is 0 Å². The molecule has 0 atom stereocenters. The largest absolute Gasteiger partial charge is 0.505 e. The van der Waals surface area contributed by atoms with Crippen molar-refractivity contribution in [2.45, 2.75) is 6.92 Å². The Hall–Kier alpha value is -3.16. The summed E-state index contributed by atoms with van der Waals surface area (Å²) in [6, 6.07) is 14.4. The number of fused-ring (bicyclic) bond motifs is 1. The maximum absolute atomic E-state index is 12.5. The molecule has 152 valence electrons. The van der Waals surface area contributed by atoms with Gasteiger partial charge in [0.25, 0.3) is 0 Å². The van der Waals surface area contributed by atoms with Gasteiger partial charge in [-0.05, 0) is 42.7 Å². The summed E-state index contributed by atoms with van der Waals surface area (Å²) < 4.78 is 15.6. The maximum atomic E-state index is 12.5. The molecule has 4 aromatic rings. The first-order chi connectivity index (χ1) is 14.5. The third-order valence-electron chi connectivity index (χ3n) is 4.52. The zero-order valence-corrected chi connectivity index (χ0v) is 17.8. The number of carbonyl (C=O) groups excluding carboxylic acids is 1. The molecule has 1 N–H and O–H groups in total. The van der Waals surface area contributed by atoms with E-state index in [-0.39, 0.29) is 18.1 Å². The number of methoxy groups -OCH3 is 1. The lowest BCUT2D eigenvalue weighted by molar-refractivity contribution is 0.0516. The lowest BCUT2D eigenvalue weighted by atomic mass is 10.0. The van der Waals surface area contributed by atoms with Crippen molar-refractivity contribution in [2.24, 2.45) is 0 Å². The highest BCUT2D eigenvalue weighted by molar-refractivity contribution is 7.14. The van der Waals surface area contributed by atoms with E-state index in [1.807, 2.05) is 36.4 Å². The van der Waals surface area contributed by atoms with Gasteiger partial charge in [-0.2, -0.15) is 4.37 Å². The number of esters is 1. The highest BCUT2D eigenvalue weighted by Gasteiger charge is 2.25. The van der Waals surface area contributed by atoms with Crippen LogP contribution in [0.3, 0.4) is 0 Å². The summed E-state index contributed by atoms with van der Waals surface area (Å²) in [5, 5.41) is 12.0. The van der Waals surface area contributed by atoms with Gasteiger partial charge in [0.1, 0.15) is 5.75 Å². The van der Waals surface area contributed by atoms with E-state index in [1.165, 1.54) is 11.5 Å². The summed E-state index contributed by atoms with van der Waals surface area (Å²) in [6.07, 6.45) is 0. The Labute approximate surface area is 181 Å². The van der Waals surface area contributed by atoms with Crippen LogP contribution in [0.5, 0.6) is 11.5 Å². The van der Waals surface area contributed by atoms with E-state index in [0.29, 0.717) is 32.2 Å². The van der Waals surface area contributed by atoms with Crippen LogP contribution in [0.15, 0.2) is 48.5 Å². The lowest BCUT2D eigenvalue weighted by Crippen LogP contribution is -2.08. The fraction of sp³-hybridized carbons (Fsp3) is 0.136. The summed E-state index contributed by atoms with van der Waals surface area (Å²) in [6.45, 7) is 1.86. The van der Waals surface area contributed by atoms with Gasteiger partial charge in [-0.3, -0.25) is 0 Å². The Balaban J connectivity index is 2.02. The molecule has 2 heterocycles. The van der Waals surface area contributed by atoms with E-state index in [4.69, 9.17) is 21.1 Å². The number of aromatic hydroxyl groups is 1. The number of rotatable bonds is 5. The van der Waals surface area contributed by atoms with Crippen molar-refractivity contribution in [3.8, 4) is 34.0 Å². The van der Waals surface area contributed by atoms with Crippen LogP contribution in [0, 0.1) is 0 Å². The van der Waals surface area contributed by atoms with E-state index >= 15 is 0 Å². The molecule has 8 heteroatoms. The van der Waals surface area contributed by atoms with Gasteiger partial charge in [-0.15, -0.1) is 0 Å². The Bertz CT molecular complexity index is 1240. The second kappa shape index (κ2) is 8.30. The minimum absolute atomic E-state index is 0.155. The highest BCUT2D eigenvalue weighted by atomic mass is 35.5. The van der Waals surface area contributed by atoms with Crippen LogP contribution in [-0.2, 0) is 4.74 Å². The zero-order valence-electron chi connectivity index (χ0n) is 16.2. The van der Waals surface area contributed by atoms with Gasteiger partial charge in [-0.1, -0.05) is 35.9 Å². The summed E-state index contributed by atoms with van der Waals surface area (Å²) in [5.41, 5.74) is 2.40. The summed E-state index contributed by atoms with van der Waals surface area (Å²) in [7, 11) is 1.58. The Morgan fingerprint density at radius 3 is 2.60 bits per heavy atom. The first-order valence-electron chi connectivity index (χ1n) is 9.13. The molecule has 2 aromatic carbocycles. The number of hydrogen-bond acceptors (Lipinski definition) is 7. The number of benzene rings is 2. The average molecular weight is 441 g/mol. The summed E-state index contributed by atoms with van der Waals surface area (Å²) in [4.78, 5) is 17.0. The maximum Gasteiger partial charge on any atom is 0.360 e. The minimum atomic E-state index is -0.700. The third-order valence-corrected chi connectivity index (χ3v) is 5.63. The first kappa shape index (κ1) is 20.1. The van der Waals surface area contributed by atoms with Crippen molar-refractivity contribution in [1.82, 2.24) is 9.36 Å². The van der Waals surface area contributed by atoms with Crippen molar-refractivity contribution in [2.75, 3.05) is 13.7 Å². The van der Waals surface area contributed by atoms with E-state index in [0.717, 1.165) is 11.1 Å². The van der Waals surface area contributed by atoms with Crippen LogP contribution in [0.4, 0.5) is 0 Å². The molecule has 0 aliphatic carbocycles. The Morgan fingerprint density at radius 1 is 1.13 bits per heavy atom. The van der Waals surface area contributed by atoms with Gasteiger partial charge in [0, 0.05) is 16.1 Å². The highest BCUT2D eigenvalue weighted by Crippen LogP contribution is 2.43. The Morgan fingerprint density at radius 2 is 1.90 bits per heavy atom. The average Bonchev–Trinajstić information content (AvgIpc) is 3.20. The molecule has 0 saturated heterocycles. The molecular weight excluding hydrogens is 424 g/mol. The number of aromatic nitrogens is 2. The second-order valence-electron chi connectivity index (χ2n) is 6.35. The molecule has 0 unspecified atom stereocenters. The van der Waals surface area contributed by atoms with Crippen LogP contribution in [0.2, 0.25) is 5.02 Å². The van der Waals surface area contributed by atoms with Crippen LogP contribution in [0.1, 0.15) is 17.4 Å². The van der Waals surface area contributed by atoms with Crippen LogP contribution < -0.4 is 4.74 Å². The van der Waals surface area contributed by atoms with Crippen molar-refractivity contribution in [3.63, 3.8) is 0 Å². The number of carbonyl (C=O) groups is 1. The van der Waals surface area contributed by atoms with Crippen molar-refractivity contribution >= 4 is 39.2 Å². The van der Waals surface area contributed by atoms with Gasteiger partial charge in [-0.25, -0.2) is 9.78 Å². The molecular formula is C22H17ClN2O4S. The Kier molecular flexibility index (Phi) is 5.57. The van der Waals surface area contributed by atoms with Crippen molar-refractivity contribution in [3.05, 3.63) is 59.2 Å². The monoisotopic (exact) mass is 440 g/mol. The molecule has 0 aliphatic heterocycles. The zero-order chi connectivity index (χ0) is 21.3. The molecule has 0 radical (unpaired) electrons. The smallest absolute Gasteiger partial charge is 0.360 e. The number of halogens is 1. The molecule has 0 bridgehead atoms. The van der Waals surface area contributed by atoms with Crippen LogP contribution >= 0.6 is 23.1 Å². The lowest BCUT2D eigenvalue weighted by Gasteiger charge is -2.10. The predicted octanol–water partition coefficient (Wildman–Crippen LogP) is 5.57. The van der Waals surface area contributed by atoms with Gasteiger partial charge >= 0.3 is 5.97 Å². The molecule has 0 fully saturated rings. The standard InChI is InChI=1S/C22H17ClN2O4S/c1-3-29-22(27)19-20(26)16-17(12-7-9-14(23)10-8-12)25-30-21(16)18(24-19)13-5-4-6-15(11-13)28-2/h4-11,26H,3H2,1-2H3. The number of hydrogen-bond donors (Lipinski definition) is 1. The van der Waals surface area contributed by atoms with E-state index in [2.05, 4.69) is 9.36 Å². The van der Waals surface area contributed by atoms with E-state index < -0.39 is 5.97 Å². The van der Waals surface area contributed by atoms with Crippen LogP contribution in [-0.4, -0.2) is 34.2 Å². The van der Waals surface area contributed by atoms with E-state index in [9.17, 15) is 9.90 Å². The molecule has 0 spiro atoms. The SMILES string of the molecule is CCOC(=O)c1nc(-c2cccc(OC)c2)c2snc(-c3ccc(Cl)cc3)c2c1O. The molecule has 0 amide bonds. The molecule has 4 rings (SSSR count). The molecule has 30 heavy (non-hydrogen) atoms. The first-order valence-corrected chi connectivity index (χ1v) is 10.3. The normalized spacial score (nSPS) is 10.9. The van der Waals surface area contributed by atoms with Crippen LogP contribution in [0.25, 0.3) is 32.6 Å². The van der Waals surface area contributed by atoms with E-state index in [1.54, 1.807) is 26.2 Å². The van der Waals surface area contributed by atoms with Gasteiger partial charge in [0.2, 0.25) is 0 Å². The molecule has 0 aliphatic rings. The second-order valence-corrected chi connectivity index (χ2v) is 7.56. The molecule has 0 saturated carbocycles. The minimum Gasteiger partial charge on any atom is -0.505 e. The third kappa shape index (κ3) is 3.58. The van der Waals surface area contributed by atoms with Gasteiger partial charge < -0.3 is 14.6 Å². The molecule has 6 nitrogen and oxygen atoms in total. The molecule has 2 aromatic heterocycles. The van der Waals surface area contributed by atoms with Crippen molar-refractivity contribution < 1.29 is 19.4 Å². The van der Waals surface area contributed by atoms with Gasteiger partial charge in [0.05, 0.1) is 35.2 Å². The fourth-order valence-electron chi connectivity index (χ4n) is 3.12. The van der Waals surface area contributed by atoms with Gasteiger partial charge in [0.15, 0.2) is 11.4 Å². The quantitative estimate of drug-likeness (QED) is 0.408. The summed E-state index contributed by atoms with van der Waals surface area (Å²) in [5.74, 6) is -0.307. The predicted molar refractivity (Wildman–Crippen MR) is 117 cm³/mol. The fourth-order valence-corrected chi connectivity index (χ4v) is 4.16. The number of ether oxygens (including phenoxy) is 2.